The van der Waals surface area contributed by atoms with Gasteiger partial charge in [0.25, 0.3) is 11.8 Å². The lowest BCUT2D eigenvalue weighted by molar-refractivity contribution is -0.123. The molecule has 0 atom stereocenters. The summed E-state index contributed by atoms with van der Waals surface area (Å²) >= 11 is 6.17. The lowest BCUT2D eigenvalue weighted by Gasteiger charge is -2.30. The Bertz CT molecular complexity index is 1140. The van der Waals surface area contributed by atoms with Gasteiger partial charge in [-0.3, -0.25) is 9.59 Å². The van der Waals surface area contributed by atoms with E-state index in [9.17, 15) is 14.9 Å². The first-order valence-corrected chi connectivity index (χ1v) is 11.5. The molecular formula is C25H27ClN4O5. The highest BCUT2D eigenvalue weighted by Crippen LogP contribution is 2.31. The molecule has 0 spiro atoms. The molecule has 1 saturated heterocycles. The van der Waals surface area contributed by atoms with Crippen LogP contribution in [-0.4, -0.2) is 58.4 Å². The Labute approximate surface area is 209 Å². The van der Waals surface area contributed by atoms with Crippen molar-refractivity contribution in [2.75, 3.05) is 56.8 Å². The Morgan fingerprint density at radius 2 is 1.97 bits per heavy atom. The third kappa shape index (κ3) is 7.12. The van der Waals surface area contributed by atoms with E-state index in [0.717, 1.165) is 5.69 Å². The second-order valence-corrected chi connectivity index (χ2v) is 7.97. The highest BCUT2D eigenvalue weighted by atomic mass is 35.5. The number of nitrogens with one attached hydrogen (secondary N) is 2. The van der Waals surface area contributed by atoms with Crippen LogP contribution in [0.4, 0.5) is 11.4 Å². The zero-order valence-electron chi connectivity index (χ0n) is 19.6. The minimum Gasteiger partial charge on any atom is -0.493 e. The van der Waals surface area contributed by atoms with Crippen molar-refractivity contribution in [1.29, 1.82) is 5.26 Å². The Kier molecular flexibility index (Phi) is 9.35. The first-order valence-electron chi connectivity index (χ1n) is 11.1. The molecule has 2 amide bonds. The van der Waals surface area contributed by atoms with Crippen molar-refractivity contribution in [2.45, 2.75) is 6.92 Å². The summed E-state index contributed by atoms with van der Waals surface area (Å²) in [6.45, 7) is 4.70. The van der Waals surface area contributed by atoms with Crippen LogP contribution in [0.1, 0.15) is 12.5 Å². The van der Waals surface area contributed by atoms with Crippen LogP contribution in [0.2, 0.25) is 5.02 Å². The van der Waals surface area contributed by atoms with E-state index in [1.165, 1.54) is 13.2 Å². The fourth-order valence-electron chi connectivity index (χ4n) is 3.48. The van der Waals surface area contributed by atoms with Crippen molar-refractivity contribution in [1.82, 2.24) is 5.32 Å². The van der Waals surface area contributed by atoms with Gasteiger partial charge < -0.3 is 29.7 Å². The standard InChI is InChI=1S/C25H27ClN4O5/c1-3-28-24(31)16-35-22-7-4-17(13-23(22)33-2)12-18(15-27)25(32)29-20-14-19(26)5-6-21(20)30-8-10-34-11-9-30/h4-7,12-14H,3,8-11,16H2,1-2H3,(H,28,31)(H,29,32)/b18-12+. The average Bonchev–Trinajstić information content (AvgIpc) is 2.87. The number of nitrogens with zero attached hydrogens (tertiary/aromatic N) is 2. The van der Waals surface area contributed by atoms with Crippen LogP contribution in [0.3, 0.4) is 0 Å². The largest absolute Gasteiger partial charge is 0.493 e. The van der Waals surface area contributed by atoms with Crippen LogP contribution in [0.25, 0.3) is 6.08 Å². The zero-order valence-corrected chi connectivity index (χ0v) is 20.4. The van der Waals surface area contributed by atoms with Gasteiger partial charge in [-0.2, -0.15) is 5.26 Å². The number of carbonyl (C=O) groups is 2. The zero-order chi connectivity index (χ0) is 25.2. The third-order valence-electron chi connectivity index (χ3n) is 5.16. The summed E-state index contributed by atoms with van der Waals surface area (Å²) in [7, 11) is 1.46. The monoisotopic (exact) mass is 498 g/mol. The Hall–Kier alpha value is -3.74. The Balaban J connectivity index is 1.79. The molecule has 0 radical (unpaired) electrons. The minimum atomic E-state index is -0.570. The molecule has 0 aliphatic carbocycles. The van der Waals surface area contributed by atoms with Crippen LogP contribution >= 0.6 is 11.6 Å². The van der Waals surface area contributed by atoms with Crippen LogP contribution in [0, 0.1) is 11.3 Å². The number of amides is 2. The molecule has 0 bridgehead atoms. The molecule has 2 aromatic rings. The molecule has 2 N–H and O–H groups in total. The van der Waals surface area contributed by atoms with Crippen LogP contribution in [0.5, 0.6) is 11.5 Å². The number of benzene rings is 2. The highest BCUT2D eigenvalue weighted by molar-refractivity contribution is 6.31. The first-order chi connectivity index (χ1) is 16.9. The second kappa shape index (κ2) is 12.6. The lowest BCUT2D eigenvalue weighted by Crippen LogP contribution is -2.36. The summed E-state index contributed by atoms with van der Waals surface area (Å²) in [5.74, 6) is -0.0858. The van der Waals surface area contributed by atoms with Gasteiger partial charge in [0.2, 0.25) is 0 Å². The fourth-order valence-corrected chi connectivity index (χ4v) is 3.65. The van der Waals surface area contributed by atoms with E-state index in [0.29, 0.717) is 60.6 Å². The normalized spacial score (nSPS) is 13.5. The minimum absolute atomic E-state index is 0.101. The molecule has 9 nitrogen and oxygen atoms in total. The molecular weight excluding hydrogens is 472 g/mol. The number of ether oxygens (including phenoxy) is 3. The number of carbonyl (C=O) groups excluding carboxylic acids is 2. The molecule has 0 aromatic heterocycles. The van der Waals surface area contributed by atoms with Gasteiger partial charge in [0, 0.05) is 24.7 Å². The summed E-state index contributed by atoms with van der Waals surface area (Å²) < 4.78 is 16.3. The van der Waals surface area contributed by atoms with Crippen molar-refractivity contribution in [3.8, 4) is 17.6 Å². The third-order valence-corrected chi connectivity index (χ3v) is 5.39. The predicted molar refractivity (Wildman–Crippen MR) is 134 cm³/mol. The number of halogens is 1. The van der Waals surface area contributed by atoms with E-state index >= 15 is 0 Å². The average molecular weight is 499 g/mol. The molecule has 1 aliphatic rings. The smallest absolute Gasteiger partial charge is 0.266 e. The summed E-state index contributed by atoms with van der Waals surface area (Å²) in [4.78, 5) is 26.7. The molecule has 1 aliphatic heterocycles. The number of rotatable bonds is 9. The highest BCUT2D eigenvalue weighted by Gasteiger charge is 2.18. The van der Waals surface area contributed by atoms with E-state index in [-0.39, 0.29) is 18.1 Å². The van der Waals surface area contributed by atoms with Gasteiger partial charge in [0.15, 0.2) is 18.1 Å². The molecule has 10 heteroatoms. The van der Waals surface area contributed by atoms with Crippen LogP contribution < -0.4 is 25.0 Å². The number of methoxy groups -OCH3 is 1. The Morgan fingerprint density at radius 1 is 1.20 bits per heavy atom. The maximum atomic E-state index is 13.0. The van der Waals surface area contributed by atoms with Crippen molar-refractivity contribution >= 4 is 40.9 Å². The summed E-state index contributed by atoms with van der Waals surface area (Å²) in [5.41, 5.74) is 1.77. The van der Waals surface area contributed by atoms with Gasteiger partial charge in [-0.25, -0.2) is 0 Å². The van der Waals surface area contributed by atoms with Gasteiger partial charge in [-0.05, 0) is 48.9 Å². The van der Waals surface area contributed by atoms with Crippen molar-refractivity contribution in [2.24, 2.45) is 0 Å². The van der Waals surface area contributed by atoms with E-state index < -0.39 is 5.91 Å². The van der Waals surface area contributed by atoms with Crippen LogP contribution in [0.15, 0.2) is 42.0 Å². The summed E-state index contributed by atoms with van der Waals surface area (Å²) in [6, 6.07) is 12.1. The molecule has 0 unspecified atom stereocenters. The molecule has 1 heterocycles. The van der Waals surface area contributed by atoms with E-state index in [1.807, 2.05) is 19.1 Å². The van der Waals surface area contributed by atoms with E-state index in [4.69, 9.17) is 25.8 Å². The number of hydrogen-bond donors (Lipinski definition) is 2. The first kappa shape index (κ1) is 25.9. The molecule has 0 saturated carbocycles. The molecule has 184 valence electrons. The van der Waals surface area contributed by atoms with Gasteiger partial charge in [0.1, 0.15) is 11.6 Å². The van der Waals surface area contributed by atoms with E-state index in [2.05, 4.69) is 15.5 Å². The molecule has 1 fully saturated rings. The number of anilines is 2. The summed E-state index contributed by atoms with van der Waals surface area (Å²) in [5, 5.41) is 15.6. The number of likely N-dealkylation sites (N-methyl/N-ethyl adjacent to an activating group) is 1. The lowest BCUT2D eigenvalue weighted by atomic mass is 10.1. The maximum Gasteiger partial charge on any atom is 0.266 e. The van der Waals surface area contributed by atoms with Gasteiger partial charge in [-0.15, -0.1) is 0 Å². The predicted octanol–water partition coefficient (Wildman–Crippen LogP) is 3.25. The van der Waals surface area contributed by atoms with Crippen molar-refractivity contribution < 1.29 is 23.8 Å². The van der Waals surface area contributed by atoms with Crippen LogP contribution in [-0.2, 0) is 14.3 Å². The number of hydrogen-bond acceptors (Lipinski definition) is 7. The SMILES string of the molecule is CCNC(=O)COc1ccc(/C=C(\C#N)C(=O)Nc2cc(Cl)ccc2N2CCOCC2)cc1OC. The topological polar surface area (TPSA) is 113 Å². The van der Waals surface area contributed by atoms with Gasteiger partial charge in [0.05, 0.1) is 31.7 Å². The van der Waals surface area contributed by atoms with E-state index in [1.54, 1.807) is 30.3 Å². The second-order valence-electron chi connectivity index (χ2n) is 7.54. The molecule has 3 rings (SSSR count). The number of morpholine rings is 1. The number of nitriles is 1. The van der Waals surface area contributed by atoms with Crippen molar-refractivity contribution in [3.63, 3.8) is 0 Å². The molecule has 35 heavy (non-hydrogen) atoms. The summed E-state index contributed by atoms with van der Waals surface area (Å²) in [6.07, 6.45) is 1.45. The fraction of sp³-hybridized carbons (Fsp3) is 0.320. The Morgan fingerprint density at radius 3 is 2.66 bits per heavy atom. The quantitative estimate of drug-likeness (QED) is 0.403. The van der Waals surface area contributed by atoms with Gasteiger partial charge >= 0.3 is 0 Å². The maximum absolute atomic E-state index is 13.0. The van der Waals surface area contributed by atoms with Crippen molar-refractivity contribution in [3.05, 3.63) is 52.6 Å². The van der Waals surface area contributed by atoms with Gasteiger partial charge in [-0.1, -0.05) is 17.7 Å². The molecule has 2 aromatic carbocycles.